The van der Waals surface area contributed by atoms with Crippen molar-refractivity contribution < 1.29 is 14.6 Å². The van der Waals surface area contributed by atoms with E-state index in [1.807, 2.05) is 31.2 Å². The average Bonchev–Trinajstić information content (AvgIpc) is 2.42. The number of nitrogens with zero attached hydrogens (tertiary/aromatic N) is 1. The summed E-state index contributed by atoms with van der Waals surface area (Å²) in [7, 11) is 1.63. The molecule has 0 aliphatic carbocycles. The lowest BCUT2D eigenvalue weighted by Crippen LogP contribution is -2.33. The van der Waals surface area contributed by atoms with Crippen molar-refractivity contribution in [3.05, 3.63) is 29.8 Å². The third kappa shape index (κ3) is 4.37. The van der Waals surface area contributed by atoms with Gasteiger partial charge < -0.3 is 14.7 Å². The van der Waals surface area contributed by atoms with Gasteiger partial charge in [0.25, 0.3) is 0 Å². The molecule has 0 bridgehead atoms. The van der Waals surface area contributed by atoms with Gasteiger partial charge in [0.05, 0.1) is 13.7 Å². The molecule has 0 atom stereocenters. The first kappa shape index (κ1) is 14.5. The molecule has 1 rings (SSSR count). The van der Waals surface area contributed by atoms with Gasteiger partial charge in [0.15, 0.2) is 0 Å². The Morgan fingerprint density at radius 1 is 1.33 bits per heavy atom. The van der Waals surface area contributed by atoms with Crippen molar-refractivity contribution in [1.29, 1.82) is 0 Å². The van der Waals surface area contributed by atoms with Crippen molar-refractivity contribution in [3.63, 3.8) is 0 Å². The predicted octanol–water partition coefficient (Wildman–Crippen LogP) is 1.47. The molecular formula is C14H21NO3. The van der Waals surface area contributed by atoms with E-state index in [-0.39, 0.29) is 12.5 Å². The Labute approximate surface area is 108 Å². The molecule has 0 fully saturated rings. The van der Waals surface area contributed by atoms with Crippen LogP contribution in [0, 0.1) is 0 Å². The molecule has 0 aliphatic heterocycles. The van der Waals surface area contributed by atoms with E-state index in [1.165, 1.54) is 0 Å². The van der Waals surface area contributed by atoms with Gasteiger partial charge >= 0.3 is 0 Å². The second kappa shape index (κ2) is 7.71. The molecule has 1 N–H and O–H groups in total. The molecule has 4 nitrogen and oxygen atoms in total. The maximum atomic E-state index is 11.9. The summed E-state index contributed by atoms with van der Waals surface area (Å²) in [4.78, 5) is 13.5. The normalized spacial score (nSPS) is 10.2. The van der Waals surface area contributed by atoms with E-state index in [4.69, 9.17) is 9.84 Å². The second-order valence-electron chi connectivity index (χ2n) is 4.05. The lowest BCUT2D eigenvalue weighted by atomic mass is 10.1. The van der Waals surface area contributed by atoms with Crippen LogP contribution in [-0.2, 0) is 11.2 Å². The molecule has 0 heterocycles. The molecule has 100 valence electrons. The molecule has 1 aromatic carbocycles. The minimum absolute atomic E-state index is 0.0160. The minimum Gasteiger partial charge on any atom is -0.497 e. The van der Waals surface area contributed by atoms with Gasteiger partial charge in [0.1, 0.15) is 5.75 Å². The van der Waals surface area contributed by atoms with Gasteiger partial charge in [-0.05, 0) is 31.0 Å². The Kier molecular flexibility index (Phi) is 6.22. The van der Waals surface area contributed by atoms with Gasteiger partial charge in [-0.2, -0.15) is 0 Å². The van der Waals surface area contributed by atoms with Gasteiger partial charge in [-0.1, -0.05) is 12.1 Å². The van der Waals surface area contributed by atoms with E-state index in [0.29, 0.717) is 25.9 Å². The Bertz CT molecular complexity index is 362. The SMILES string of the molecule is CCN(CCO)C(=O)CCc1ccc(OC)cc1. The number of ether oxygens (including phenoxy) is 1. The fourth-order valence-corrected chi connectivity index (χ4v) is 1.78. The van der Waals surface area contributed by atoms with Crippen molar-refractivity contribution >= 4 is 5.91 Å². The number of rotatable bonds is 7. The molecular weight excluding hydrogens is 230 g/mol. The Morgan fingerprint density at radius 3 is 2.50 bits per heavy atom. The number of aliphatic hydroxyl groups excluding tert-OH is 1. The number of hydrogen-bond acceptors (Lipinski definition) is 3. The predicted molar refractivity (Wildman–Crippen MR) is 70.7 cm³/mol. The number of carbonyl (C=O) groups is 1. The van der Waals surface area contributed by atoms with Crippen LogP contribution in [0.2, 0.25) is 0 Å². The van der Waals surface area contributed by atoms with Crippen LogP contribution in [0.15, 0.2) is 24.3 Å². The van der Waals surface area contributed by atoms with Crippen molar-refractivity contribution in [2.75, 3.05) is 26.8 Å². The van der Waals surface area contributed by atoms with Crippen LogP contribution < -0.4 is 4.74 Å². The van der Waals surface area contributed by atoms with Crippen LogP contribution in [0.5, 0.6) is 5.75 Å². The number of hydrogen-bond donors (Lipinski definition) is 1. The zero-order chi connectivity index (χ0) is 13.4. The summed E-state index contributed by atoms with van der Waals surface area (Å²) < 4.78 is 5.08. The van der Waals surface area contributed by atoms with E-state index < -0.39 is 0 Å². The fraction of sp³-hybridized carbons (Fsp3) is 0.500. The number of carbonyl (C=O) groups excluding carboxylic acids is 1. The van der Waals surface area contributed by atoms with E-state index in [2.05, 4.69) is 0 Å². The maximum Gasteiger partial charge on any atom is 0.222 e. The highest BCUT2D eigenvalue weighted by atomic mass is 16.5. The molecule has 0 saturated heterocycles. The summed E-state index contributed by atoms with van der Waals surface area (Å²) in [6.45, 7) is 2.99. The number of likely N-dealkylation sites (N-methyl/N-ethyl adjacent to an activating group) is 1. The van der Waals surface area contributed by atoms with Crippen LogP contribution in [0.4, 0.5) is 0 Å². The van der Waals surface area contributed by atoms with E-state index in [1.54, 1.807) is 12.0 Å². The summed E-state index contributed by atoms with van der Waals surface area (Å²) >= 11 is 0. The zero-order valence-electron chi connectivity index (χ0n) is 11.1. The molecule has 1 amide bonds. The Hall–Kier alpha value is -1.55. The monoisotopic (exact) mass is 251 g/mol. The van der Waals surface area contributed by atoms with Crippen LogP contribution in [0.3, 0.4) is 0 Å². The Balaban J connectivity index is 2.45. The third-order valence-electron chi connectivity index (χ3n) is 2.89. The molecule has 0 saturated carbocycles. The first-order valence-corrected chi connectivity index (χ1v) is 6.22. The summed E-state index contributed by atoms with van der Waals surface area (Å²) in [5.74, 6) is 0.905. The molecule has 0 aliphatic rings. The molecule has 0 spiro atoms. The topological polar surface area (TPSA) is 49.8 Å². The highest BCUT2D eigenvalue weighted by Crippen LogP contribution is 2.13. The van der Waals surface area contributed by atoms with Crippen molar-refractivity contribution in [1.82, 2.24) is 4.90 Å². The number of benzene rings is 1. The molecule has 0 unspecified atom stereocenters. The van der Waals surface area contributed by atoms with Gasteiger partial charge in [0, 0.05) is 19.5 Å². The van der Waals surface area contributed by atoms with Gasteiger partial charge in [-0.15, -0.1) is 0 Å². The lowest BCUT2D eigenvalue weighted by molar-refractivity contribution is -0.131. The van der Waals surface area contributed by atoms with Gasteiger partial charge in [0.2, 0.25) is 5.91 Å². The van der Waals surface area contributed by atoms with Crippen LogP contribution >= 0.6 is 0 Å². The Morgan fingerprint density at radius 2 is 2.00 bits per heavy atom. The fourth-order valence-electron chi connectivity index (χ4n) is 1.78. The van der Waals surface area contributed by atoms with E-state index in [0.717, 1.165) is 11.3 Å². The average molecular weight is 251 g/mol. The highest BCUT2D eigenvalue weighted by Gasteiger charge is 2.10. The number of aliphatic hydroxyl groups is 1. The van der Waals surface area contributed by atoms with Gasteiger partial charge in [-0.25, -0.2) is 0 Å². The van der Waals surface area contributed by atoms with E-state index >= 15 is 0 Å². The van der Waals surface area contributed by atoms with Crippen LogP contribution in [0.1, 0.15) is 18.9 Å². The highest BCUT2D eigenvalue weighted by molar-refractivity contribution is 5.76. The van der Waals surface area contributed by atoms with Crippen molar-refractivity contribution in [3.8, 4) is 5.75 Å². The first-order chi connectivity index (χ1) is 8.71. The quantitative estimate of drug-likeness (QED) is 0.798. The van der Waals surface area contributed by atoms with Crippen molar-refractivity contribution in [2.24, 2.45) is 0 Å². The van der Waals surface area contributed by atoms with Crippen molar-refractivity contribution in [2.45, 2.75) is 19.8 Å². The van der Waals surface area contributed by atoms with Gasteiger partial charge in [-0.3, -0.25) is 4.79 Å². The molecule has 4 heteroatoms. The zero-order valence-corrected chi connectivity index (χ0v) is 11.1. The second-order valence-corrected chi connectivity index (χ2v) is 4.05. The molecule has 18 heavy (non-hydrogen) atoms. The maximum absolute atomic E-state index is 11.9. The standard InChI is InChI=1S/C14H21NO3/c1-3-15(10-11-16)14(17)9-6-12-4-7-13(18-2)8-5-12/h4-5,7-8,16H,3,6,9-11H2,1-2H3. The molecule has 1 aromatic rings. The number of methoxy groups -OCH3 is 1. The minimum atomic E-state index is 0.0160. The smallest absolute Gasteiger partial charge is 0.222 e. The summed E-state index contributed by atoms with van der Waals surface area (Å²) in [5, 5.41) is 8.85. The number of aryl methyl sites for hydroxylation is 1. The molecule has 0 radical (unpaired) electrons. The van der Waals surface area contributed by atoms with Crippen LogP contribution in [0.25, 0.3) is 0 Å². The lowest BCUT2D eigenvalue weighted by Gasteiger charge is -2.19. The molecule has 0 aromatic heterocycles. The number of amides is 1. The van der Waals surface area contributed by atoms with E-state index in [9.17, 15) is 4.79 Å². The summed E-state index contributed by atoms with van der Waals surface area (Å²) in [6, 6.07) is 7.72. The first-order valence-electron chi connectivity index (χ1n) is 6.22. The van der Waals surface area contributed by atoms with Crippen LogP contribution in [-0.4, -0.2) is 42.7 Å². The summed E-state index contributed by atoms with van der Waals surface area (Å²) in [5.41, 5.74) is 1.12. The summed E-state index contributed by atoms with van der Waals surface area (Å²) in [6.07, 6.45) is 1.19. The third-order valence-corrected chi connectivity index (χ3v) is 2.89. The largest absolute Gasteiger partial charge is 0.497 e.